The molecule has 2 saturated heterocycles. The van der Waals surface area contributed by atoms with Crippen LogP contribution in [0.25, 0.3) is 6.08 Å². The molecule has 0 aliphatic carbocycles. The third-order valence-corrected chi connectivity index (χ3v) is 10.2. The molecule has 0 bridgehead atoms. The first-order valence-corrected chi connectivity index (χ1v) is 17.8. The lowest BCUT2D eigenvalue weighted by molar-refractivity contribution is 0.0777. The van der Waals surface area contributed by atoms with Gasteiger partial charge >= 0.3 is 0 Å². The number of benzene rings is 2. The van der Waals surface area contributed by atoms with Gasteiger partial charge in [0.05, 0.1) is 46.4 Å². The highest BCUT2D eigenvalue weighted by Crippen LogP contribution is 2.41. The van der Waals surface area contributed by atoms with Crippen LogP contribution in [0.2, 0.25) is 0 Å². The first kappa shape index (κ1) is 37.6. The molecule has 2 fully saturated rings. The summed E-state index contributed by atoms with van der Waals surface area (Å²) in [6, 6.07) is 14.0. The fourth-order valence-electron chi connectivity index (χ4n) is 7.32. The van der Waals surface area contributed by atoms with Crippen molar-refractivity contribution in [3.63, 3.8) is 0 Å². The Morgan fingerprint density at radius 3 is 2.35 bits per heavy atom. The Labute approximate surface area is 302 Å². The van der Waals surface area contributed by atoms with Crippen LogP contribution >= 0.6 is 0 Å². The second-order valence-electron chi connectivity index (χ2n) is 13.2. The average molecular weight is 697 g/mol. The Kier molecular flexibility index (Phi) is 13.3. The number of hydrogen-bond acceptors (Lipinski definition) is 8. The fourth-order valence-corrected chi connectivity index (χ4v) is 7.32. The first-order chi connectivity index (χ1) is 24.9. The van der Waals surface area contributed by atoms with E-state index in [1.165, 1.54) is 5.56 Å². The van der Waals surface area contributed by atoms with Crippen LogP contribution in [0.5, 0.6) is 17.2 Å². The van der Waals surface area contributed by atoms with Crippen LogP contribution in [0, 0.1) is 5.92 Å². The van der Waals surface area contributed by atoms with Crippen molar-refractivity contribution in [3.8, 4) is 17.2 Å². The van der Waals surface area contributed by atoms with Gasteiger partial charge in [-0.1, -0.05) is 54.6 Å². The summed E-state index contributed by atoms with van der Waals surface area (Å²) in [5.41, 5.74) is 2.46. The van der Waals surface area contributed by atoms with Crippen LogP contribution in [0.3, 0.4) is 0 Å². The topological polar surface area (TPSA) is 95.4 Å². The van der Waals surface area contributed by atoms with Gasteiger partial charge in [-0.25, -0.2) is 4.98 Å². The zero-order chi connectivity index (χ0) is 36.2. The maximum Gasteiger partial charge on any atom is 0.254 e. The molecule has 51 heavy (non-hydrogen) atoms. The van der Waals surface area contributed by atoms with E-state index in [0.29, 0.717) is 61.5 Å². The normalized spacial score (nSPS) is 18.5. The number of ether oxygens (including phenoxy) is 4. The number of Topliss-reactive ketones (excluding diaryl/α,β-unsaturated/α-hetero) is 1. The molecular formula is C41H52N4O6. The quantitative estimate of drug-likeness (QED) is 0.0687. The third-order valence-electron chi connectivity index (χ3n) is 10.2. The molecule has 1 unspecified atom stereocenters. The van der Waals surface area contributed by atoms with Gasteiger partial charge in [-0.3, -0.25) is 9.59 Å². The molecule has 0 spiro atoms. The zero-order valence-corrected chi connectivity index (χ0v) is 30.5. The van der Waals surface area contributed by atoms with Crippen molar-refractivity contribution in [2.75, 3.05) is 67.3 Å². The lowest BCUT2D eigenvalue weighted by atomic mass is 9.76. The van der Waals surface area contributed by atoms with E-state index in [-0.39, 0.29) is 23.0 Å². The standard InChI is InChI=1S/C41H52N4O6/c1-6-8-10-15-34-29-42-39(45(34)24-26-51-25-7-2)37(46)31-16-20-43(21-17-31)22-18-41(33-13-11-9-12-14-33)19-23-44(30-41)40(47)32-27-35(48-3)38(50-5)36(28-32)49-4/h6-15,27-29,31H,2,16-26,30H2,1,3-5H3/b8-6+,15-10+. The number of carbonyl (C=O) groups is 2. The highest BCUT2D eigenvalue weighted by molar-refractivity contribution is 5.96. The maximum atomic E-state index is 13.9. The Morgan fingerprint density at radius 2 is 1.71 bits per heavy atom. The Morgan fingerprint density at radius 1 is 0.980 bits per heavy atom. The molecule has 2 aromatic carbocycles. The van der Waals surface area contributed by atoms with Gasteiger partial charge in [0.25, 0.3) is 5.91 Å². The molecule has 1 amide bonds. The van der Waals surface area contributed by atoms with Crippen LogP contribution < -0.4 is 14.2 Å². The van der Waals surface area contributed by atoms with Crippen LogP contribution in [0.15, 0.2) is 79.5 Å². The molecule has 5 rings (SSSR count). The SMILES string of the molecule is C=CCOCCn1c(/C=C/C=C/C)cnc1C(=O)C1CCN(CCC2(c3ccccc3)CCN(C(=O)c3cc(OC)c(OC)c(OC)c3)C2)CC1. The molecule has 0 N–H and O–H groups in total. The summed E-state index contributed by atoms with van der Waals surface area (Å²) in [4.78, 5) is 36.8. The lowest BCUT2D eigenvalue weighted by Gasteiger charge is -2.36. The summed E-state index contributed by atoms with van der Waals surface area (Å²) in [5, 5.41) is 0. The van der Waals surface area contributed by atoms with Crippen molar-refractivity contribution in [3.05, 3.63) is 102 Å². The van der Waals surface area contributed by atoms with Crippen LogP contribution in [0.4, 0.5) is 0 Å². The number of nitrogens with zero attached hydrogens (tertiary/aromatic N) is 4. The van der Waals surface area contributed by atoms with Gasteiger partial charge in [0.2, 0.25) is 11.5 Å². The smallest absolute Gasteiger partial charge is 0.254 e. The van der Waals surface area contributed by atoms with Crippen LogP contribution in [0.1, 0.15) is 64.8 Å². The fraction of sp³-hybridized carbons (Fsp3) is 0.439. The predicted octanol–water partition coefficient (Wildman–Crippen LogP) is 6.47. The number of ketones is 1. The zero-order valence-electron chi connectivity index (χ0n) is 30.5. The van der Waals surface area contributed by atoms with Crippen LogP contribution in [-0.4, -0.2) is 98.3 Å². The highest BCUT2D eigenvalue weighted by Gasteiger charge is 2.42. The number of imidazole rings is 1. The van der Waals surface area contributed by atoms with E-state index < -0.39 is 0 Å². The Hall–Kier alpha value is -4.67. The van der Waals surface area contributed by atoms with Crippen LogP contribution in [-0.2, 0) is 16.7 Å². The molecule has 2 aliphatic rings. The van der Waals surface area contributed by atoms with E-state index >= 15 is 0 Å². The molecule has 3 heterocycles. The number of likely N-dealkylation sites (tertiary alicyclic amines) is 2. The molecule has 272 valence electrons. The van der Waals surface area contributed by atoms with Gasteiger partial charge in [-0.2, -0.15) is 0 Å². The minimum absolute atomic E-state index is 0.0579. The van der Waals surface area contributed by atoms with E-state index in [0.717, 1.165) is 51.0 Å². The number of allylic oxidation sites excluding steroid dienone is 3. The van der Waals surface area contributed by atoms with Crippen molar-refractivity contribution >= 4 is 17.8 Å². The average Bonchev–Trinajstić information content (AvgIpc) is 3.80. The first-order valence-electron chi connectivity index (χ1n) is 17.8. The number of carbonyl (C=O) groups excluding carboxylic acids is 2. The molecule has 10 heteroatoms. The maximum absolute atomic E-state index is 13.9. The summed E-state index contributed by atoms with van der Waals surface area (Å²) in [5.74, 6) is 1.84. The number of hydrogen-bond donors (Lipinski definition) is 0. The summed E-state index contributed by atoms with van der Waals surface area (Å²) in [6.07, 6.45) is 14.7. The lowest BCUT2D eigenvalue weighted by Crippen LogP contribution is -2.41. The van der Waals surface area contributed by atoms with Gasteiger partial charge in [-0.05, 0) is 76.0 Å². The second kappa shape index (κ2) is 18.0. The molecular weight excluding hydrogens is 644 g/mol. The number of aromatic nitrogens is 2. The van der Waals surface area contributed by atoms with Gasteiger partial charge in [0.1, 0.15) is 0 Å². The Balaban J connectivity index is 1.25. The number of amides is 1. The summed E-state index contributed by atoms with van der Waals surface area (Å²) in [7, 11) is 4.66. The summed E-state index contributed by atoms with van der Waals surface area (Å²) in [6.45, 7) is 11.0. The number of methoxy groups -OCH3 is 3. The van der Waals surface area contributed by atoms with E-state index in [1.54, 1.807) is 45.7 Å². The van der Waals surface area contributed by atoms with Crippen molar-refractivity contribution in [1.29, 1.82) is 0 Å². The Bertz CT molecular complexity index is 1670. The van der Waals surface area contributed by atoms with E-state index in [2.05, 4.69) is 40.7 Å². The van der Waals surface area contributed by atoms with Gasteiger partial charge < -0.3 is 33.3 Å². The largest absolute Gasteiger partial charge is 0.493 e. The van der Waals surface area contributed by atoms with Gasteiger partial charge in [0, 0.05) is 36.5 Å². The summed E-state index contributed by atoms with van der Waals surface area (Å²) < 4.78 is 24.1. The monoisotopic (exact) mass is 696 g/mol. The van der Waals surface area contributed by atoms with E-state index in [9.17, 15) is 9.59 Å². The summed E-state index contributed by atoms with van der Waals surface area (Å²) >= 11 is 0. The van der Waals surface area contributed by atoms with Crippen molar-refractivity contribution in [1.82, 2.24) is 19.4 Å². The van der Waals surface area contributed by atoms with Crippen molar-refractivity contribution < 1.29 is 28.5 Å². The van der Waals surface area contributed by atoms with Crippen molar-refractivity contribution in [2.24, 2.45) is 5.92 Å². The molecule has 0 radical (unpaired) electrons. The third kappa shape index (κ3) is 8.80. The second-order valence-corrected chi connectivity index (χ2v) is 13.2. The minimum Gasteiger partial charge on any atom is -0.493 e. The minimum atomic E-state index is -0.181. The highest BCUT2D eigenvalue weighted by atomic mass is 16.5. The van der Waals surface area contributed by atoms with Crippen molar-refractivity contribution in [2.45, 2.75) is 44.6 Å². The molecule has 2 aliphatic heterocycles. The van der Waals surface area contributed by atoms with Gasteiger partial charge in [0.15, 0.2) is 17.3 Å². The van der Waals surface area contributed by atoms with E-state index in [1.807, 2.05) is 46.8 Å². The molecule has 10 nitrogen and oxygen atoms in total. The number of piperidine rings is 1. The van der Waals surface area contributed by atoms with Gasteiger partial charge in [-0.15, -0.1) is 6.58 Å². The van der Waals surface area contributed by atoms with E-state index in [4.69, 9.17) is 18.9 Å². The number of rotatable bonds is 17. The molecule has 0 saturated carbocycles. The molecule has 1 atom stereocenters. The molecule has 1 aromatic heterocycles. The predicted molar refractivity (Wildman–Crippen MR) is 200 cm³/mol. The molecule has 3 aromatic rings.